The minimum Gasteiger partial charge on any atom is -0.491 e. The van der Waals surface area contributed by atoms with Gasteiger partial charge in [-0.1, -0.05) is 12.1 Å². The number of rotatable bonds is 8. The number of unbranched alkanes of at least 4 members (excludes halogenated alkanes) is 3. The van der Waals surface area contributed by atoms with E-state index in [-0.39, 0.29) is 11.9 Å². The van der Waals surface area contributed by atoms with Crippen LogP contribution in [0.25, 0.3) is 0 Å². The first kappa shape index (κ1) is 14.7. The van der Waals surface area contributed by atoms with Crippen LogP contribution >= 0.6 is 0 Å². The topological polar surface area (TPSA) is 35.2 Å². The van der Waals surface area contributed by atoms with Crippen LogP contribution in [0.1, 0.15) is 44.2 Å². The molecule has 0 spiro atoms. The molecule has 0 aliphatic heterocycles. The van der Waals surface area contributed by atoms with Crippen molar-refractivity contribution in [2.45, 2.75) is 38.6 Å². The Hall–Kier alpha value is -1.35. The van der Waals surface area contributed by atoms with Crippen LogP contribution in [0, 0.1) is 5.82 Å². The van der Waals surface area contributed by atoms with Gasteiger partial charge in [0.1, 0.15) is 0 Å². The third-order valence-corrected chi connectivity index (χ3v) is 2.79. The van der Waals surface area contributed by atoms with E-state index in [4.69, 9.17) is 10.5 Å². The van der Waals surface area contributed by atoms with Gasteiger partial charge in [-0.15, -0.1) is 6.58 Å². The summed E-state index contributed by atoms with van der Waals surface area (Å²) in [7, 11) is 0. The van der Waals surface area contributed by atoms with Crippen LogP contribution in [0.5, 0.6) is 5.75 Å². The average Bonchev–Trinajstić information content (AvgIpc) is 2.35. The number of nitrogens with two attached hydrogens (primary N) is 1. The van der Waals surface area contributed by atoms with Crippen molar-refractivity contribution >= 4 is 0 Å². The van der Waals surface area contributed by atoms with Gasteiger partial charge in [-0.3, -0.25) is 0 Å². The summed E-state index contributed by atoms with van der Waals surface area (Å²) >= 11 is 0. The molecule has 0 aliphatic rings. The van der Waals surface area contributed by atoms with Crippen LogP contribution in [-0.2, 0) is 0 Å². The molecule has 0 heterocycles. The third-order valence-electron chi connectivity index (χ3n) is 2.79. The van der Waals surface area contributed by atoms with Crippen molar-refractivity contribution in [1.82, 2.24) is 0 Å². The Kier molecular flexibility index (Phi) is 6.44. The summed E-state index contributed by atoms with van der Waals surface area (Å²) in [6.45, 7) is 6.04. The highest BCUT2D eigenvalue weighted by Crippen LogP contribution is 2.21. The third kappa shape index (κ3) is 4.88. The molecule has 0 amide bonds. The molecular formula is C15H22FNO. The van der Waals surface area contributed by atoms with Crippen molar-refractivity contribution < 1.29 is 9.13 Å². The minimum atomic E-state index is -0.337. The molecule has 0 fully saturated rings. The SMILES string of the molecule is C=CCCCCCOc1ccc([C@H](C)N)cc1F. The standard InChI is InChI=1S/C15H22FNO/c1-3-4-5-6-7-10-18-15-9-8-13(12(2)17)11-14(15)16/h3,8-9,11-12H,1,4-7,10,17H2,2H3/t12-/m0/s1. The first-order chi connectivity index (χ1) is 8.65. The Labute approximate surface area is 109 Å². The van der Waals surface area contributed by atoms with Crippen molar-refractivity contribution in [3.8, 4) is 5.75 Å². The number of hydrogen-bond acceptors (Lipinski definition) is 2. The lowest BCUT2D eigenvalue weighted by molar-refractivity contribution is 0.290. The highest BCUT2D eigenvalue weighted by Gasteiger charge is 2.06. The summed E-state index contributed by atoms with van der Waals surface area (Å²) in [6.07, 6.45) is 6.05. The van der Waals surface area contributed by atoms with E-state index in [0.717, 1.165) is 31.2 Å². The number of allylic oxidation sites excluding steroid dienone is 1. The first-order valence-corrected chi connectivity index (χ1v) is 6.44. The fraction of sp³-hybridized carbons (Fsp3) is 0.467. The van der Waals surface area contributed by atoms with Crippen LogP contribution in [0.15, 0.2) is 30.9 Å². The van der Waals surface area contributed by atoms with Gasteiger partial charge in [-0.2, -0.15) is 0 Å². The molecule has 0 bridgehead atoms. The zero-order chi connectivity index (χ0) is 13.4. The maximum atomic E-state index is 13.6. The lowest BCUT2D eigenvalue weighted by Gasteiger charge is -2.10. The van der Waals surface area contributed by atoms with E-state index in [1.165, 1.54) is 6.07 Å². The Bertz CT molecular complexity index is 377. The van der Waals surface area contributed by atoms with Gasteiger partial charge < -0.3 is 10.5 Å². The smallest absolute Gasteiger partial charge is 0.165 e. The summed E-state index contributed by atoms with van der Waals surface area (Å²) in [5.41, 5.74) is 6.47. The van der Waals surface area contributed by atoms with E-state index in [9.17, 15) is 4.39 Å². The number of ether oxygens (including phenoxy) is 1. The van der Waals surface area contributed by atoms with Crippen LogP contribution in [0.4, 0.5) is 4.39 Å². The number of benzene rings is 1. The molecule has 2 N–H and O–H groups in total. The lowest BCUT2D eigenvalue weighted by Crippen LogP contribution is -2.06. The zero-order valence-corrected chi connectivity index (χ0v) is 11.0. The summed E-state index contributed by atoms with van der Waals surface area (Å²) in [4.78, 5) is 0. The highest BCUT2D eigenvalue weighted by atomic mass is 19.1. The molecule has 0 saturated heterocycles. The van der Waals surface area contributed by atoms with E-state index in [2.05, 4.69) is 6.58 Å². The maximum absolute atomic E-state index is 13.6. The molecule has 1 aromatic carbocycles. The summed E-state index contributed by atoms with van der Waals surface area (Å²) in [5, 5.41) is 0. The maximum Gasteiger partial charge on any atom is 0.165 e. The Morgan fingerprint density at radius 2 is 2.17 bits per heavy atom. The van der Waals surface area contributed by atoms with Gasteiger partial charge in [0.15, 0.2) is 11.6 Å². The second kappa shape index (κ2) is 7.88. The fourth-order valence-electron chi connectivity index (χ4n) is 1.67. The summed E-state index contributed by atoms with van der Waals surface area (Å²) in [6, 6.07) is 4.74. The number of halogens is 1. The summed E-state index contributed by atoms with van der Waals surface area (Å²) < 4.78 is 19.1. The van der Waals surface area contributed by atoms with Gasteiger partial charge in [0, 0.05) is 6.04 Å². The van der Waals surface area contributed by atoms with Gasteiger partial charge in [0.25, 0.3) is 0 Å². The van der Waals surface area contributed by atoms with Crippen molar-refractivity contribution in [2.75, 3.05) is 6.61 Å². The molecular weight excluding hydrogens is 229 g/mol. The van der Waals surface area contributed by atoms with E-state index >= 15 is 0 Å². The van der Waals surface area contributed by atoms with Crippen LogP contribution in [0.3, 0.4) is 0 Å². The van der Waals surface area contributed by atoms with Crippen LogP contribution in [-0.4, -0.2) is 6.61 Å². The van der Waals surface area contributed by atoms with E-state index in [1.807, 2.05) is 13.0 Å². The fourth-order valence-corrected chi connectivity index (χ4v) is 1.67. The normalized spacial score (nSPS) is 12.2. The first-order valence-electron chi connectivity index (χ1n) is 6.44. The Balaban J connectivity index is 2.36. The largest absolute Gasteiger partial charge is 0.491 e. The highest BCUT2D eigenvalue weighted by molar-refractivity contribution is 5.30. The van der Waals surface area contributed by atoms with Gasteiger partial charge in [0.2, 0.25) is 0 Å². The van der Waals surface area contributed by atoms with Crippen molar-refractivity contribution in [3.05, 3.63) is 42.2 Å². The second-order valence-corrected chi connectivity index (χ2v) is 4.47. The zero-order valence-electron chi connectivity index (χ0n) is 11.0. The molecule has 100 valence electrons. The van der Waals surface area contributed by atoms with E-state index in [0.29, 0.717) is 12.4 Å². The molecule has 1 atom stereocenters. The van der Waals surface area contributed by atoms with Crippen molar-refractivity contribution in [2.24, 2.45) is 5.73 Å². The van der Waals surface area contributed by atoms with Crippen LogP contribution in [0.2, 0.25) is 0 Å². The molecule has 0 radical (unpaired) electrons. The number of hydrogen-bond donors (Lipinski definition) is 1. The molecule has 2 nitrogen and oxygen atoms in total. The lowest BCUT2D eigenvalue weighted by atomic mass is 10.1. The van der Waals surface area contributed by atoms with E-state index < -0.39 is 0 Å². The van der Waals surface area contributed by atoms with Crippen molar-refractivity contribution in [1.29, 1.82) is 0 Å². The molecule has 0 saturated carbocycles. The monoisotopic (exact) mass is 251 g/mol. The van der Waals surface area contributed by atoms with Crippen LogP contribution < -0.4 is 10.5 Å². The summed E-state index contributed by atoms with van der Waals surface area (Å²) in [5.74, 6) is -0.0287. The predicted molar refractivity (Wildman–Crippen MR) is 73.2 cm³/mol. The second-order valence-electron chi connectivity index (χ2n) is 4.47. The Morgan fingerprint density at radius 1 is 1.39 bits per heavy atom. The Morgan fingerprint density at radius 3 is 2.78 bits per heavy atom. The molecule has 0 aromatic heterocycles. The molecule has 0 aliphatic carbocycles. The molecule has 18 heavy (non-hydrogen) atoms. The van der Waals surface area contributed by atoms with Gasteiger partial charge in [-0.25, -0.2) is 4.39 Å². The molecule has 0 unspecified atom stereocenters. The quantitative estimate of drug-likeness (QED) is 0.560. The van der Waals surface area contributed by atoms with Crippen molar-refractivity contribution in [3.63, 3.8) is 0 Å². The molecule has 3 heteroatoms. The predicted octanol–water partition coefficient (Wildman–Crippen LogP) is 3.97. The van der Waals surface area contributed by atoms with Gasteiger partial charge in [-0.05, 0) is 50.3 Å². The minimum absolute atomic E-state index is 0.160. The van der Waals surface area contributed by atoms with Gasteiger partial charge in [0.05, 0.1) is 6.61 Å². The molecule has 1 rings (SSSR count). The molecule has 1 aromatic rings. The average molecular weight is 251 g/mol. The van der Waals surface area contributed by atoms with Gasteiger partial charge >= 0.3 is 0 Å². The van der Waals surface area contributed by atoms with E-state index in [1.54, 1.807) is 12.1 Å².